The van der Waals surface area contributed by atoms with Gasteiger partial charge >= 0.3 is 0 Å². The topological polar surface area (TPSA) is 132 Å². The molecule has 0 aliphatic carbocycles. The molecule has 644 valence electrons. The van der Waals surface area contributed by atoms with E-state index < -0.39 is 0 Å². The number of furan rings is 3. The van der Waals surface area contributed by atoms with Crippen LogP contribution in [-0.2, 0) is 0 Å². The van der Waals surface area contributed by atoms with Gasteiger partial charge in [0.05, 0.1) is 44.5 Å². The molecule has 0 spiro atoms. The van der Waals surface area contributed by atoms with Crippen LogP contribution in [0.1, 0.15) is 0 Å². The summed E-state index contributed by atoms with van der Waals surface area (Å²) in [6.45, 7) is 0. The molecule has 9 aromatic heterocycles. The lowest BCUT2D eigenvalue weighted by atomic mass is 9.98. The zero-order chi connectivity index (χ0) is 90.8. The molecule has 9 heterocycles. The minimum atomic E-state index is 0.647. The van der Waals surface area contributed by atoms with Crippen LogP contribution < -0.4 is 0 Å². The molecule has 0 unspecified atom stereocenters. The van der Waals surface area contributed by atoms with Gasteiger partial charge in [0, 0.05) is 120 Å². The third-order valence-electron chi connectivity index (χ3n) is 27.0. The van der Waals surface area contributed by atoms with Crippen molar-refractivity contribution in [3.8, 4) is 107 Å². The van der Waals surface area contributed by atoms with Gasteiger partial charge < -0.3 is 22.4 Å². The van der Waals surface area contributed by atoms with Crippen LogP contribution in [0.25, 0.3) is 271 Å². The molecular weight excluding hydrogens is 1690 g/mol. The summed E-state index contributed by atoms with van der Waals surface area (Å²) >= 11 is 0. The Labute approximate surface area is 789 Å². The van der Waals surface area contributed by atoms with Gasteiger partial charge in [-0.05, 0) is 185 Å². The molecule has 0 saturated carbocycles. The van der Waals surface area contributed by atoms with Crippen LogP contribution in [0.15, 0.2) is 480 Å². The van der Waals surface area contributed by atoms with E-state index in [4.69, 9.17) is 43.2 Å². The fraction of sp³-hybridized carbons (Fsp3) is 0. The summed E-state index contributed by atoms with van der Waals surface area (Å²) in [6, 6.07) is 163. The maximum Gasteiger partial charge on any atom is 0.162 e. The van der Waals surface area contributed by atoms with Crippen molar-refractivity contribution < 1.29 is 13.3 Å². The summed E-state index contributed by atoms with van der Waals surface area (Å²) in [5.74, 6) is 2.81. The van der Waals surface area contributed by atoms with E-state index in [0.717, 1.165) is 199 Å². The molecular formula is C126H77N9O3. The maximum absolute atomic E-state index is 6.55. The van der Waals surface area contributed by atoms with Gasteiger partial charge in [0.15, 0.2) is 34.2 Å². The van der Waals surface area contributed by atoms with Crippen molar-refractivity contribution in [3.05, 3.63) is 467 Å². The van der Waals surface area contributed by atoms with Gasteiger partial charge in [0.1, 0.15) is 39.1 Å². The van der Waals surface area contributed by atoms with Crippen LogP contribution in [0.2, 0.25) is 0 Å². The molecule has 0 saturated heterocycles. The van der Waals surface area contributed by atoms with Gasteiger partial charge in [-0.15, -0.1) is 0 Å². The first-order valence-electron chi connectivity index (χ1n) is 46.4. The number of rotatable bonds is 11. The molecule has 0 radical (unpaired) electrons. The third kappa shape index (κ3) is 13.3. The molecule has 29 rings (SSSR count). The van der Waals surface area contributed by atoms with E-state index in [9.17, 15) is 0 Å². The second-order valence-corrected chi connectivity index (χ2v) is 35.0. The molecule has 0 bridgehead atoms. The lowest BCUT2D eigenvalue weighted by molar-refractivity contribution is 0.671. The van der Waals surface area contributed by atoms with Gasteiger partial charge in [0.25, 0.3) is 0 Å². The van der Waals surface area contributed by atoms with E-state index in [0.29, 0.717) is 17.5 Å². The first kappa shape index (κ1) is 79.0. The normalized spacial score (nSPS) is 11.8. The van der Waals surface area contributed by atoms with Gasteiger partial charge in [-0.1, -0.05) is 315 Å². The van der Waals surface area contributed by atoms with Gasteiger partial charge in [-0.3, -0.25) is 4.57 Å². The summed E-state index contributed by atoms with van der Waals surface area (Å²) in [4.78, 5) is 31.6. The molecule has 0 atom stereocenters. The van der Waals surface area contributed by atoms with Crippen LogP contribution in [0.5, 0.6) is 0 Å². The maximum atomic E-state index is 6.55. The third-order valence-corrected chi connectivity index (χ3v) is 27.0. The van der Waals surface area contributed by atoms with Crippen molar-refractivity contribution in [1.82, 2.24) is 43.6 Å². The molecule has 0 aliphatic heterocycles. The van der Waals surface area contributed by atoms with Gasteiger partial charge in [-0.2, -0.15) is 0 Å². The molecule has 20 aromatic carbocycles. The van der Waals surface area contributed by atoms with E-state index >= 15 is 0 Å². The molecule has 138 heavy (non-hydrogen) atoms. The zero-order valence-corrected chi connectivity index (χ0v) is 74.2. The molecule has 29 aromatic rings. The predicted molar refractivity (Wildman–Crippen MR) is 567 cm³/mol. The number of para-hydroxylation sites is 9. The highest BCUT2D eigenvalue weighted by atomic mass is 16.3. The Balaban J connectivity index is 0.000000105. The lowest BCUT2D eigenvalue weighted by Gasteiger charge is -2.13. The minimum Gasteiger partial charge on any atom is -0.454 e. The van der Waals surface area contributed by atoms with E-state index in [2.05, 4.69) is 408 Å². The van der Waals surface area contributed by atoms with Crippen LogP contribution in [-0.4, -0.2) is 43.6 Å². The molecule has 12 nitrogen and oxygen atoms in total. The molecule has 0 fully saturated rings. The fourth-order valence-corrected chi connectivity index (χ4v) is 20.6. The average molecular weight is 1770 g/mol. The standard InChI is InChI=1S/2C44H27N3O.C38H23N3O/c1-3-12-28(13-4-1)29-14-11-15-31(26-29)44-45-41(36-24-23-35-34-19-8-10-21-40(34)48-43(35)42(36)46-44)30-22-25-39-37(27-30)33-18-7-9-20-38(33)47(39)32-16-5-2-6-17-32;1-2-12-28(13-3-1)29-14-10-15-30(26-29)31-16-11-17-32(27-31)43-45-41-37(25-24-36-35-20-6-9-23-40(35)48-42(36)41)44(46-43)47-38-21-7-4-18-33(38)34-19-5-8-22-39(34)47;1-3-11-24(12-4-1)35-30-21-20-29-28-16-8-10-18-34(28)42-37(29)36(30)40-38(39-35)25-19-22-33-31(23-25)27-15-7-9-17-32(27)41(33)26-13-5-2-6-14-26/h2*1-27H;1-23H. The molecule has 0 N–H and O–H groups in total. The Morgan fingerprint density at radius 1 is 0.152 bits per heavy atom. The van der Waals surface area contributed by atoms with E-state index in [1.165, 1.54) is 54.5 Å². The average Bonchev–Trinajstić information content (AvgIpc) is 1.55. The van der Waals surface area contributed by atoms with Crippen LogP contribution in [0.3, 0.4) is 0 Å². The molecule has 12 heteroatoms. The highest BCUT2D eigenvalue weighted by molar-refractivity contribution is 6.21. The number of benzene rings is 20. The summed E-state index contributed by atoms with van der Waals surface area (Å²) in [5.41, 5.74) is 30.0. The second-order valence-electron chi connectivity index (χ2n) is 35.0. The Morgan fingerprint density at radius 2 is 0.428 bits per heavy atom. The number of fused-ring (bicyclic) bond motifs is 24. The van der Waals surface area contributed by atoms with E-state index in [1.807, 2.05) is 72.8 Å². The van der Waals surface area contributed by atoms with Crippen molar-refractivity contribution in [2.24, 2.45) is 0 Å². The highest BCUT2D eigenvalue weighted by Gasteiger charge is 2.26. The van der Waals surface area contributed by atoms with Crippen LogP contribution in [0.4, 0.5) is 0 Å². The first-order chi connectivity index (χ1) is 68.4. The molecule has 0 aliphatic rings. The van der Waals surface area contributed by atoms with Crippen molar-refractivity contribution >= 4 is 164 Å². The summed E-state index contributed by atoms with van der Waals surface area (Å²) in [7, 11) is 0. The largest absolute Gasteiger partial charge is 0.454 e. The van der Waals surface area contributed by atoms with Crippen LogP contribution in [0, 0.1) is 0 Å². The first-order valence-corrected chi connectivity index (χ1v) is 46.4. The number of hydrogen-bond acceptors (Lipinski definition) is 9. The van der Waals surface area contributed by atoms with Gasteiger partial charge in [-0.25, -0.2) is 29.9 Å². The number of nitrogens with zero attached hydrogens (tertiary/aromatic N) is 9. The smallest absolute Gasteiger partial charge is 0.162 e. The highest BCUT2D eigenvalue weighted by Crippen LogP contribution is 2.46. The van der Waals surface area contributed by atoms with Crippen LogP contribution >= 0.6 is 0 Å². The van der Waals surface area contributed by atoms with Crippen molar-refractivity contribution in [1.29, 1.82) is 0 Å². The lowest BCUT2D eigenvalue weighted by Crippen LogP contribution is -2.03. The predicted octanol–water partition coefficient (Wildman–Crippen LogP) is 33.2. The minimum absolute atomic E-state index is 0.647. The Hall–Kier alpha value is -18.8. The zero-order valence-electron chi connectivity index (χ0n) is 74.2. The summed E-state index contributed by atoms with van der Waals surface area (Å²) < 4.78 is 26.5. The van der Waals surface area contributed by atoms with Crippen molar-refractivity contribution in [2.45, 2.75) is 0 Å². The van der Waals surface area contributed by atoms with E-state index in [-0.39, 0.29) is 0 Å². The number of aromatic nitrogens is 9. The quantitative estimate of drug-likeness (QED) is 0.124. The number of hydrogen-bond donors (Lipinski definition) is 0. The second kappa shape index (κ2) is 32.6. The Kier molecular flexibility index (Phi) is 18.7. The Bertz CT molecular complexity index is 9880. The summed E-state index contributed by atoms with van der Waals surface area (Å²) in [6.07, 6.45) is 0. The SMILES string of the molecule is c1ccc(-c2cccc(-c3cccc(-c4nc(-n5c6ccccc6c6ccccc65)c5ccc6c7ccccc7oc6c5n4)c3)c2)cc1.c1ccc(-c2cccc(-c3nc(-c4ccc5c(c4)c4ccccc4n5-c4ccccc4)c4ccc5c6ccccc6oc5c4n3)c2)cc1.c1ccc(-c2nc(-c3ccc4c(c3)c3ccccc3n4-c3ccccc3)nc3c2ccc2c4ccccc4oc23)cc1. The summed E-state index contributed by atoms with van der Waals surface area (Å²) in [5, 5.41) is 16.4. The van der Waals surface area contributed by atoms with Gasteiger partial charge in [0.2, 0.25) is 0 Å². The van der Waals surface area contributed by atoms with Crippen molar-refractivity contribution in [3.63, 3.8) is 0 Å². The van der Waals surface area contributed by atoms with E-state index in [1.54, 1.807) is 0 Å². The monoisotopic (exact) mass is 1760 g/mol. The molecule has 0 amide bonds. The van der Waals surface area contributed by atoms with Crippen molar-refractivity contribution in [2.75, 3.05) is 0 Å². The Morgan fingerprint density at radius 3 is 0.855 bits per heavy atom. The fourth-order valence-electron chi connectivity index (χ4n) is 20.6.